The normalized spacial score (nSPS) is 20.1. The molecule has 1 saturated carbocycles. The lowest BCUT2D eigenvalue weighted by atomic mass is 9.81. The number of aliphatic imine (C=N–C) groups is 1. The second-order valence-corrected chi connectivity index (χ2v) is 11.3. The Morgan fingerprint density at radius 1 is 0.900 bits per heavy atom. The maximum absolute atomic E-state index is 6.74. The number of anilines is 2. The van der Waals surface area contributed by atoms with Gasteiger partial charge in [0.25, 0.3) is 0 Å². The molecule has 0 saturated heterocycles. The molecular weight excluding hydrogens is 488 g/mol. The van der Waals surface area contributed by atoms with E-state index >= 15 is 0 Å². The highest BCUT2D eigenvalue weighted by Crippen LogP contribution is 2.47. The number of fused-ring (bicyclic) bond motifs is 6. The van der Waals surface area contributed by atoms with E-state index < -0.39 is 0 Å². The van der Waals surface area contributed by atoms with Gasteiger partial charge in [0, 0.05) is 28.9 Å². The number of benzene rings is 3. The van der Waals surface area contributed by atoms with Gasteiger partial charge in [-0.15, -0.1) is 0 Å². The number of allylic oxidation sites excluding steroid dienone is 3. The van der Waals surface area contributed by atoms with Crippen LogP contribution in [-0.4, -0.2) is 12.3 Å². The summed E-state index contributed by atoms with van der Waals surface area (Å²) in [6.45, 7) is 0.841. The van der Waals surface area contributed by atoms with E-state index in [0.29, 0.717) is 0 Å². The summed E-state index contributed by atoms with van der Waals surface area (Å²) in [4.78, 5) is 5.31. The second-order valence-electron chi connectivity index (χ2n) is 11.3. The van der Waals surface area contributed by atoms with Gasteiger partial charge in [0.1, 0.15) is 0 Å². The third kappa shape index (κ3) is 4.68. The van der Waals surface area contributed by atoms with Gasteiger partial charge < -0.3 is 16.4 Å². The number of hydrogen-bond donors (Lipinski definition) is 3. The number of para-hydroxylation sites is 1. The predicted molar refractivity (Wildman–Crippen MR) is 170 cm³/mol. The first kappa shape index (κ1) is 24.7. The zero-order valence-corrected chi connectivity index (χ0v) is 22.9. The monoisotopic (exact) mass is 524 g/mol. The number of rotatable bonds is 5. The summed E-state index contributed by atoms with van der Waals surface area (Å²) in [5, 5.41) is 7.53. The molecule has 7 rings (SSSR count). The molecule has 0 radical (unpaired) electrons. The number of hydrogen-bond acceptors (Lipinski definition) is 4. The highest BCUT2D eigenvalue weighted by Gasteiger charge is 2.33. The van der Waals surface area contributed by atoms with E-state index in [4.69, 9.17) is 10.7 Å². The van der Waals surface area contributed by atoms with E-state index in [0.717, 1.165) is 47.1 Å². The van der Waals surface area contributed by atoms with Crippen LogP contribution in [0, 0.1) is 5.92 Å². The Morgan fingerprint density at radius 2 is 1.70 bits per heavy atom. The maximum atomic E-state index is 6.74. The summed E-state index contributed by atoms with van der Waals surface area (Å²) >= 11 is 0. The Labute approximate surface area is 237 Å². The van der Waals surface area contributed by atoms with Gasteiger partial charge >= 0.3 is 0 Å². The van der Waals surface area contributed by atoms with Crippen molar-refractivity contribution in [1.82, 2.24) is 0 Å². The molecule has 0 aromatic heterocycles. The first-order valence-corrected chi connectivity index (χ1v) is 14.7. The van der Waals surface area contributed by atoms with Crippen molar-refractivity contribution < 1.29 is 0 Å². The van der Waals surface area contributed by atoms with Crippen LogP contribution in [0.3, 0.4) is 0 Å². The third-order valence-electron chi connectivity index (χ3n) is 8.72. The van der Waals surface area contributed by atoms with Crippen LogP contribution in [0.15, 0.2) is 101 Å². The van der Waals surface area contributed by atoms with E-state index in [2.05, 4.69) is 89.5 Å². The van der Waals surface area contributed by atoms with Crippen LogP contribution in [0.25, 0.3) is 17.8 Å². The highest BCUT2D eigenvalue weighted by atomic mass is 15.0. The van der Waals surface area contributed by atoms with E-state index in [-0.39, 0.29) is 6.04 Å². The van der Waals surface area contributed by atoms with E-state index in [1.807, 2.05) is 18.2 Å². The molecule has 1 atom stereocenters. The van der Waals surface area contributed by atoms with Crippen molar-refractivity contribution in [2.45, 2.75) is 44.6 Å². The lowest BCUT2D eigenvalue weighted by molar-refractivity contribution is 0.361. The molecule has 4 N–H and O–H groups in total. The average molecular weight is 525 g/mol. The average Bonchev–Trinajstić information content (AvgIpc) is 3.02. The van der Waals surface area contributed by atoms with Crippen molar-refractivity contribution in [2.24, 2.45) is 16.6 Å². The highest BCUT2D eigenvalue weighted by molar-refractivity contribution is 6.21. The van der Waals surface area contributed by atoms with Crippen molar-refractivity contribution in [1.29, 1.82) is 0 Å². The number of nitrogens with zero attached hydrogens (tertiary/aromatic N) is 1. The molecule has 1 fully saturated rings. The lowest BCUT2D eigenvalue weighted by Crippen LogP contribution is -2.27. The van der Waals surface area contributed by atoms with E-state index in [1.165, 1.54) is 65.7 Å². The van der Waals surface area contributed by atoms with Crippen molar-refractivity contribution in [3.63, 3.8) is 0 Å². The summed E-state index contributed by atoms with van der Waals surface area (Å²) < 4.78 is 0. The van der Waals surface area contributed by atoms with Gasteiger partial charge in [0.15, 0.2) is 0 Å². The molecule has 0 bridgehead atoms. The van der Waals surface area contributed by atoms with E-state index in [9.17, 15) is 0 Å². The van der Waals surface area contributed by atoms with Crippen molar-refractivity contribution in [2.75, 3.05) is 17.2 Å². The van der Waals surface area contributed by atoms with Crippen molar-refractivity contribution in [3.8, 4) is 0 Å². The summed E-state index contributed by atoms with van der Waals surface area (Å²) in [6.07, 6.45) is 19.0. The van der Waals surface area contributed by atoms with Gasteiger partial charge in [-0.25, -0.2) is 4.99 Å². The molecule has 3 aliphatic heterocycles. The molecule has 4 nitrogen and oxygen atoms in total. The van der Waals surface area contributed by atoms with Gasteiger partial charge in [-0.05, 0) is 47.3 Å². The minimum Gasteiger partial charge on any atom is -0.398 e. The van der Waals surface area contributed by atoms with Crippen LogP contribution in [0.5, 0.6) is 0 Å². The van der Waals surface area contributed by atoms with Crippen molar-refractivity contribution in [3.05, 3.63) is 118 Å². The molecule has 3 heterocycles. The molecule has 1 aliphatic carbocycles. The Kier molecular flexibility index (Phi) is 6.60. The summed E-state index contributed by atoms with van der Waals surface area (Å²) in [7, 11) is 0. The molecule has 0 spiro atoms. The van der Waals surface area contributed by atoms with E-state index in [1.54, 1.807) is 0 Å². The Morgan fingerprint density at radius 3 is 2.58 bits per heavy atom. The van der Waals surface area contributed by atoms with Gasteiger partial charge in [-0.2, -0.15) is 0 Å². The Balaban J connectivity index is 1.37. The summed E-state index contributed by atoms with van der Waals surface area (Å²) in [6, 6.07) is 23.2. The quantitative estimate of drug-likeness (QED) is 0.293. The second kappa shape index (κ2) is 10.7. The Hall–Kier alpha value is -4.31. The fourth-order valence-electron chi connectivity index (χ4n) is 6.58. The zero-order chi connectivity index (χ0) is 26.9. The number of nitrogens with two attached hydrogens (primary N) is 1. The van der Waals surface area contributed by atoms with Gasteiger partial charge in [-0.1, -0.05) is 111 Å². The maximum Gasteiger partial charge on any atom is 0.0810 e. The van der Waals surface area contributed by atoms with Crippen LogP contribution in [0.4, 0.5) is 17.1 Å². The van der Waals surface area contributed by atoms with Crippen LogP contribution < -0.4 is 16.4 Å². The minimum atomic E-state index is 0.0137. The van der Waals surface area contributed by atoms with Crippen LogP contribution in [0.1, 0.15) is 66.8 Å². The fourth-order valence-corrected chi connectivity index (χ4v) is 6.58. The first-order chi connectivity index (χ1) is 19.7. The van der Waals surface area contributed by atoms with Gasteiger partial charge in [0.2, 0.25) is 0 Å². The molecule has 1 unspecified atom stereocenters. The van der Waals surface area contributed by atoms with Crippen molar-refractivity contribution >= 4 is 40.6 Å². The lowest BCUT2D eigenvalue weighted by Gasteiger charge is -2.35. The minimum absolute atomic E-state index is 0.0137. The smallest absolute Gasteiger partial charge is 0.0810 e. The summed E-state index contributed by atoms with van der Waals surface area (Å²) in [5.74, 6) is 0.729. The van der Waals surface area contributed by atoms with Gasteiger partial charge in [-0.3, -0.25) is 0 Å². The molecule has 3 aromatic rings. The van der Waals surface area contributed by atoms with Gasteiger partial charge in [0.05, 0.1) is 28.8 Å². The molecule has 40 heavy (non-hydrogen) atoms. The fraction of sp³-hybridized carbons (Fsp3) is 0.250. The molecular formula is C36H36N4. The van der Waals surface area contributed by atoms with Crippen LogP contribution in [0.2, 0.25) is 0 Å². The molecule has 4 aliphatic rings. The topological polar surface area (TPSA) is 62.4 Å². The first-order valence-electron chi connectivity index (χ1n) is 14.7. The molecule has 0 amide bonds. The summed E-state index contributed by atoms with van der Waals surface area (Å²) in [5.41, 5.74) is 18.8. The van der Waals surface area contributed by atoms with Crippen LogP contribution in [-0.2, 0) is 0 Å². The molecule has 3 aromatic carbocycles. The molecule has 200 valence electrons. The predicted octanol–water partition coefficient (Wildman–Crippen LogP) is 8.66. The largest absolute Gasteiger partial charge is 0.398 e. The SMILES string of the molecule is N/C(=C\C(=C/CC1CCCCC1)C1=Nc2ccccc2C2Nc3c(ccc4c3NCC=C4)C=C12)c1ccccc1. The number of nitrogens with one attached hydrogen (secondary N) is 2. The Bertz CT molecular complexity index is 1580. The van der Waals surface area contributed by atoms with Crippen LogP contribution >= 0.6 is 0 Å². The zero-order valence-electron chi connectivity index (χ0n) is 22.9. The standard InChI is InChI=1S/C36H36N4/c37-31(25-12-5-2-6-13-25)23-28(18-17-24-10-3-1-4-11-24)33-30-22-27-20-19-26-14-9-21-38-34(26)35(27)40-36(30)29-15-7-8-16-32(29)39-33/h2,5-9,12-16,18-20,22-24,36,38,40H,1,3-4,10-11,17,21,37H2/b28-18+,31-23-. The third-order valence-corrected chi connectivity index (χ3v) is 8.72. The molecule has 4 heteroatoms.